The van der Waals surface area contributed by atoms with Crippen molar-refractivity contribution in [3.63, 3.8) is 0 Å². The summed E-state index contributed by atoms with van der Waals surface area (Å²) in [5.41, 5.74) is 10.3. The van der Waals surface area contributed by atoms with Gasteiger partial charge in [-0.25, -0.2) is 14.3 Å². The Labute approximate surface area is 554 Å². The number of aryl methyl sites for hydroxylation is 1. The van der Waals surface area contributed by atoms with Crippen LogP contribution >= 0.6 is 0 Å². The van der Waals surface area contributed by atoms with Crippen LogP contribution in [0.15, 0.2) is 139 Å². The Balaban J connectivity index is 0.686. The number of methoxy groups -OCH3 is 1. The van der Waals surface area contributed by atoms with Crippen molar-refractivity contribution in [2.45, 2.75) is 83.0 Å². The summed E-state index contributed by atoms with van der Waals surface area (Å²) in [6, 6.07) is 35.9. The fourth-order valence-electron chi connectivity index (χ4n) is 11.3. The van der Waals surface area contributed by atoms with Gasteiger partial charge in [0, 0.05) is 87.4 Å². The van der Waals surface area contributed by atoms with Crippen LogP contribution in [0.25, 0.3) is 44.4 Å². The zero-order valence-electron chi connectivity index (χ0n) is 54.3. The second-order valence-electron chi connectivity index (χ2n) is 23.0. The Bertz CT molecular complexity index is 3520. The Morgan fingerprint density at radius 3 is 1.84 bits per heavy atom. The number of hydrogen-bond acceptors (Lipinski definition) is 17. The lowest BCUT2D eigenvalue weighted by atomic mass is 9.98. The van der Waals surface area contributed by atoms with Crippen LogP contribution in [0, 0.1) is 0 Å². The second-order valence-corrected chi connectivity index (χ2v) is 23.0. The maximum Gasteiger partial charge on any atom is 0.407 e. The first-order valence-electron chi connectivity index (χ1n) is 33.0. The molecule has 23 heteroatoms. The van der Waals surface area contributed by atoms with E-state index in [-0.39, 0.29) is 49.0 Å². The number of unbranched alkanes of at least 4 members (excludes halogenated alkanes) is 4. The minimum absolute atomic E-state index is 0.100. The molecule has 0 unspecified atom stereocenters. The average Bonchev–Trinajstić information content (AvgIpc) is 1.72. The smallest absolute Gasteiger partial charge is 0.407 e. The van der Waals surface area contributed by atoms with E-state index in [0.717, 1.165) is 68.3 Å². The minimum Gasteiger partial charge on any atom is -0.449 e. The van der Waals surface area contributed by atoms with Gasteiger partial charge in [-0.3, -0.25) is 24.4 Å². The van der Waals surface area contributed by atoms with Crippen molar-refractivity contribution in [1.82, 2.24) is 40.6 Å². The third-order valence-electron chi connectivity index (χ3n) is 16.3. The number of nitrogens with zero attached hydrogens (tertiary/aromatic N) is 5. The molecule has 0 spiro atoms. The molecular weight excluding hydrogens is 1210 g/mol. The molecule has 7 aromatic rings. The van der Waals surface area contributed by atoms with Crippen molar-refractivity contribution in [2.24, 2.45) is 0 Å². The summed E-state index contributed by atoms with van der Waals surface area (Å²) < 4.78 is 50.8. The van der Waals surface area contributed by atoms with Crippen LogP contribution in [-0.4, -0.2) is 181 Å². The van der Waals surface area contributed by atoms with Gasteiger partial charge in [-0.1, -0.05) is 91.7 Å². The number of amides is 5. The van der Waals surface area contributed by atoms with Gasteiger partial charge in [0.1, 0.15) is 12.6 Å². The zero-order valence-corrected chi connectivity index (χ0v) is 54.3. The predicted octanol–water partition coefficient (Wildman–Crippen LogP) is 9.09. The molecular formula is C72H89N9O14. The fraction of sp³-hybridized carbons (Fsp3) is 0.444. The number of urea groups is 1. The number of alkyl carbamates (subject to hydrolysis) is 1. The van der Waals surface area contributed by atoms with Crippen molar-refractivity contribution in [3.8, 4) is 33.5 Å². The number of carbonyl (C=O) groups is 4. The molecule has 1 atom stereocenters. The van der Waals surface area contributed by atoms with Crippen molar-refractivity contribution in [1.29, 1.82) is 0 Å². The molecule has 0 fully saturated rings. The van der Waals surface area contributed by atoms with Gasteiger partial charge in [-0.2, -0.15) is 5.10 Å². The molecule has 9 rings (SSSR count). The average molecular weight is 1300 g/mol. The van der Waals surface area contributed by atoms with Gasteiger partial charge in [0.15, 0.2) is 0 Å². The van der Waals surface area contributed by atoms with Crippen molar-refractivity contribution in [3.05, 3.63) is 166 Å². The zero-order chi connectivity index (χ0) is 66.1. The monoisotopic (exact) mass is 1300 g/mol. The first-order valence-corrected chi connectivity index (χ1v) is 33.0. The first kappa shape index (κ1) is 70.8. The highest BCUT2D eigenvalue weighted by molar-refractivity contribution is 5.95. The molecule has 4 heterocycles. The fourth-order valence-corrected chi connectivity index (χ4v) is 11.3. The van der Waals surface area contributed by atoms with Crippen LogP contribution < -0.4 is 26.8 Å². The largest absolute Gasteiger partial charge is 0.449 e. The summed E-state index contributed by atoms with van der Waals surface area (Å²) in [5.74, 6) is -0.634. The Hall–Kier alpha value is -8.52. The van der Waals surface area contributed by atoms with Crippen LogP contribution in [0.4, 0.5) is 15.3 Å². The van der Waals surface area contributed by atoms with E-state index in [1.54, 1.807) is 30.6 Å². The molecule has 95 heavy (non-hydrogen) atoms. The van der Waals surface area contributed by atoms with Gasteiger partial charge in [0.2, 0.25) is 11.8 Å². The number of anilines is 1. The number of rotatable bonds is 43. The Kier molecular flexibility index (Phi) is 29.3. The molecule has 2 aliphatic rings. The Morgan fingerprint density at radius 2 is 1.18 bits per heavy atom. The van der Waals surface area contributed by atoms with Crippen LogP contribution in [0.2, 0.25) is 0 Å². The molecule has 4 N–H and O–H groups in total. The van der Waals surface area contributed by atoms with Gasteiger partial charge in [-0.05, 0) is 107 Å². The van der Waals surface area contributed by atoms with Crippen LogP contribution in [-0.2, 0) is 71.9 Å². The lowest BCUT2D eigenvalue weighted by Crippen LogP contribution is -2.47. The number of carbonyl (C=O) groups excluding carboxylic acids is 4. The SMILES string of the molecule is COCCOCCOCCOCCOCCOCCOCCOCCC(=O)NCCCC[C@H](NC(=O)OCC1c2ccccc2-c2ccccc21)C(=O)NCCCCCCn1nc(-c2ccc(NC(=O)N3Cc4ccncc4C3)cc2)cc(-c2cccc3ncccc23)c1=O. The van der Waals surface area contributed by atoms with E-state index in [1.807, 2.05) is 91.0 Å². The lowest BCUT2D eigenvalue weighted by molar-refractivity contribution is -0.123. The van der Waals surface area contributed by atoms with E-state index in [1.165, 1.54) is 4.68 Å². The second kappa shape index (κ2) is 39.4. The van der Waals surface area contributed by atoms with Crippen molar-refractivity contribution < 1.29 is 61.8 Å². The highest BCUT2D eigenvalue weighted by atomic mass is 16.6. The topological polar surface area (TPSA) is 263 Å². The number of fused-ring (bicyclic) bond motifs is 5. The number of nitrogens with one attached hydrogen (secondary N) is 4. The molecule has 1 aliphatic carbocycles. The number of benzene rings is 4. The van der Waals surface area contributed by atoms with E-state index in [2.05, 4.69) is 55.5 Å². The quantitative estimate of drug-likeness (QED) is 0.0260. The van der Waals surface area contributed by atoms with Crippen molar-refractivity contribution >= 4 is 40.5 Å². The van der Waals surface area contributed by atoms with Gasteiger partial charge < -0.3 is 68.8 Å². The molecule has 3 aromatic heterocycles. The summed E-state index contributed by atoms with van der Waals surface area (Å²) in [6.07, 6.45) is 8.99. The van der Waals surface area contributed by atoms with E-state index in [0.29, 0.717) is 174 Å². The molecule has 0 saturated heterocycles. The summed E-state index contributed by atoms with van der Waals surface area (Å²) in [5, 5.41) is 17.5. The predicted molar refractivity (Wildman–Crippen MR) is 360 cm³/mol. The first-order chi connectivity index (χ1) is 46.7. The normalized spacial score (nSPS) is 12.7. The summed E-state index contributed by atoms with van der Waals surface area (Å²) in [4.78, 5) is 78.2. The minimum atomic E-state index is -0.883. The summed E-state index contributed by atoms with van der Waals surface area (Å²) in [7, 11) is 1.63. The van der Waals surface area contributed by atoms with E-state index < -0.39 is 12.1 Å². The number of aromatic nitrogens is 4. The molecule has 1 aliphatic heterocycles. The standard InChI is InChI=1S/C72H89N9O14/c1-87-34-35-89-38-39-91-42-43-93-46-47-94-45-44-92-41-40-90-37-36-88-33-27-68(82)75-28-10-8-20-66(78-72(86)95-52-64-59-16-6-4-14-57(59)58-15-5-7-17-60(58)64)69(83)76-29-9-2-3-11-32-81-70(84)63(61-18-12-21-65-62(61)19-13-30-74-65)48-67(79-81)53-22-24-56(25-23-53)77-71(85)80-50-54-26-31-73-49-55(54)51-80/h4-7,12-19,21-26,30-31,48-49,64,66H,2-3,8-11,20,27-29,32-47,50-52H2,1H3,(H,75,82)(H,76,83)(H,77,85)(H,78,86)/t66-/m0/s1. The van der Waals surface area contributed by atoms with Crippen LogP contribution in [0.5, 0.6) is 0 Å². The number of pyridine rings is 2. The van der Waals surface area contributed by atoms with E-state index in [9.17, 15) is 24.0 Å². The molecule has 5 amide bonds. The van der Waals surface area contributed by atoms with Crippen LogP contribution in [0.3, 0.4) is 0 Å². The molecule has 4 aromatic carbocycles. The highest BCUT2D eigenvalue weighted by Crippen LogP contribution is 2.44. The van der Waals surface area contributed by atoms with E-state index in [4.69, 9.17) is 47.7 Å². The molecule has 0 saturated carbocycles. The number of hydrogen-bond donors (Lipinski definition) is 4. The van der Waals surface area contributed by atoms with Gasteiger partial charge in [-0.15, -0.1) is 0 Å². The highest BCUT2D eigenvalue weighted by Gasteiger charge is 2.30. The van der Waals surface area contributed by atoms with Crippen molar-refractivity contribution in [2.75, 3.05) is 131 Å². The third kappa shape index (κ3) is 22.3. The molecule has 0 radical (unpaired) electrons. The summed E-state index contributed by atoms with van der Waals surface area (Å²) >= 11 is 0. The molecule has 506 valence electrons. The lowest BCUT2D eigenvalue weighted by Gasteiger charge is -2.20. The maximum absolute atomic E-state index is 14.4. The summed E-state index contributed by atoms with van der Waals surface area (Å²) in [6.45, 7) is 8.94. The van der Waals surface area contributed by atoms with Crippen LogP contribution in [0.1, 0.15) is 79.5 Å². The maximum atomic E-state index is 14.4. The van der Waals surface area contributed by atoms with Gasteiger partial charge in [0.05, 0.1) is 116 Å². The Morgan fingerprint density at radius 1 is 0.579 bits per heavy atom. The third-order valence-corrected chi connectivity index (χ3v) is 16.3. The van der Waals surface area contributed by atoms with E-state index >= 15 is 0 Å². The number of ether oxygens (including phenoxy) is 9. The van der Waals surface area contributed by atoms with Gasteiger partial charge in [0.25, 0.3) is 5.56 Å². The molecule has 23 nitrogen and oxygen atoms in total. The molecule has 0 bridgehead atoms. The van der Waals surface area contributed by atoms with Gasteiger partial charge >= 0.3 is 12.1 Å².